The van der Waals surface area contributed by atoms with Crippen LogP contribution in [0.3, 0.4) is 0 Å². The van der Waals surface area contributed by atoms with Crippen LogP contribution in [0.4, 0.5) is 11.5 Å². The SMILES string of the molecule is CCOC(=O)c1cc2c(nc1NC(=S)Nc1ccc(OC)cc1)CC(C)(C)OC2. The first-order valence-corrected chi connectivity index (χ1v) is 9.78. The Morgan fingerprint density at radius 1 is 1.28 bits per heavy atom. The molecule has 154 valence electrons. The number of pyridine rings is 1. The molecule has 0 fully saturated rings. The van der Waals surface area contributed by atoms with Crippen LogP contribution in [0.2, 0.25) is 0 Å². The van der Waals surface area contributed by atoms with Gasteiger partial charge < -0.3 is 24.8 Å². The molecule has 1 aliphatic rings. The van der Waals surface area contributed by atoms with E-state index in [0.29, 0.717) is 29.5 Å². The molecule has 0 radical (unpaired) electrons. The largest absolute Gasteiger partial charge is 0.497 e. The highest BCUT2D eigenvalue weighted by atomic mass is 32.1. The first kappa shape index (κ1) is 21.0. The number of anilines is 2. The first-order valence-electron chi connectivity index (χ1n) is 9.37. The molecular weight excluding hydrogens is 390 g/mol. The van der Waals surface area contributed by atoms with Gasteiger partial charge in [-0.15, -0.1) is 0 Å². The van der Waals surface area contributed by atoms with Crippen LogP contribution >= 0.6 is 12.2 Å². The summed E-state index contributed by atoms with van der Waals surface area (Å²) in [5.41, 5.74) is 2.56. The maximum atomic E-state index is 12.5. The van der Waals surface area contributed by atoms with Gasteiger partial charge in [0.2, 0.25) is 0 Å². The van der Waals surface area contributed by atoms with Crippen LogP contribution in [0, 0.1) is 0 Å². The molecule has 1 aromatic heterocycles. The quantitative estimate of drug-likeness (QED) is 0.562. The van der Waals surface area contributed by atoms with Crippen molar-refractivity contribution in [2.75, 3.05) is 24.4 Å². The Morgan fingerprint density at radius 3 is 2.66 bits per heavy atom. The number of methoxy groups -OCH3 is 1. The molecule has 2 heterocycles. The monoisotopic (exact) mass is 415 g/mol. The molecular formula is C21H25N3O4S. The predicted octanol–water partition coefficient (Wildman–Crippen LogP) is 3.93. The summed E-state index contributed by atoms with van der Waals surface area (Å²) >= 11 is 5.42. The lowest BCUT2D eigenvalue weighted by Gasteiger charge is -2.31. The minimum absolute atomic E-state index is 0.271. The van der Waals surface area contributed by atoms with E-state index >= 15 is 0 Å². The maximum absolute atomic E-state index is 12.5. The normalized spacial score (nSPS) is 14.5. The average Bonchev–Trinajstić information content (AvgIpc) is 2.67. The Labute approximate surface area is 175 Å². The van der Waals surface area contributed by atoms with Crippen LogP contribution < -0.4 is 15.4 Å². The number of aromatic nitrogens is 1. The first-order chi connectivity index (χ1) is 13.8. The summed E-state index contributed by atoms with van der Waals surface area (Å²) in [6.07, 6.45) is 0.638. The minimum Gasteiger partial charge on any atom is -0.497 e. The number of carbonyl (C=O) groups is 1. The van der Waals surface area contributed by atoms with Gasteiger partial charge in [-0.05, 0) is 63.3 Å². The van der Waals surface area contributed by atoms with Gasteiger partial charge in [-0.2, -0.15) is 0 Å². The van der Waals surface area contributed by atoms with Crippen molar-refractivity contribution in [3.05, 3.63) is 47.2 Å². The van der Waals surface area contributed by atoms with E-state index in [2.05, 4.69) is 15.6 Å². The van der Waals surface area contributed by atoms with E-state index in [9.17, 15) is 4.79 Å². The van der Waals surface area contributed by atoms with Crippen LogP contribution in [0.25, 0.3) is 0 Å². The van der Waals surface area contributed by atoms with Crippen molar-refractivity contribution in [2.24, 2.45) is 0 Å². The Morgan fingerprint density at radius 2 is 2.00 bits per heavy atom. The molecule has 0 saturated heterocycles. The summed E-state index contributed by atoms with van der Waals surface area (Å²) in [6, 6.07) is 9.12. The third kappa shape index (κ3) is 5.21. The molecule has 0 atom stereocenters. The van der Waals surface area contributed by atoms with E-state index in [1.165, 1.54) is 0 Å². The predicted molar refractivity (Wildman–Crippen MR) is 116 cm³/mol. The van der Waals surface area contributed by atoms with Gasteiger partial charge in [0.1, 0.15) is 17.1 Å². The third-order valence-electron chi connectivity index (χ3n) is 4.48. The molecule has 0 saturated carbocycles. The fraction of sp³-hybridized carbons (Fsp3) is 0.381. The van der Waals surface area contributed by atoms with Crippen molar-refractivity contribution in [1.82, 2.24) is 4.98 Å². The number of esters is 1. The van der Waals surface area contributed by atoms with Gasteiger partial charge in [-0.25, -0.2) is 9.78 Å². The number of hydrogen-bond acceptors (Lipinski definition) is 6. The highest BCUT2D eigenvalue weighted by Gasteiger charge is 2.29. The molecule has 1 aromatic carbocycles. The Balaban J connectivity index is 1.85. The number of nitrogens with one attached hydrogen (secondary N) is 2. The summed E-state index contributed by atoms with van der Waals surface area (Å²) in [4.78, 5) is 17.2. The molecule has 0 bridgehead atoms. The summed E-state index contributed by atoms with van der Waals surface area (Å²) in [6.45, 7) is 6.46. The van der Waals surface area contributed by atoms with E-state index < -0.39 is 5.97 Å². The number of benzene rings is 1. The Kier molecular flexibility index (Phi) is 6.34. The van der Waals surface area contributed by atoms with Crippen molar-refractivity contribution >= 4 is 34.8 Å². The summed E-state index contributed by atoms with van der Waals surface area (Å²) in [7, 11) is 1.61. The molecule has 2 N–H and O–H groups in total. The number of hydrogen-bond donors (Lipinski definition) is 2. The van der Waals surface area contributed by atoms with Gasteiger partial charge in [0, 0.05) is 17.7 Å². The number of carbonyl (C=O) groups excluding carboxylic acids is 1. The Hall–Kier alpha value is -2.71. The number of ether oxygens (including phenoxy) is 3. The molecule has 2 aromatic rings. The fourth-order valence-corrected chi connectivity index (χ4v) is 3.22. The number of fused-ring (bicyclic) bond motifs is 1. The second-order valence-electron chi connectivity index (χ2n) is 7.24. The van der Waals surface area contributed by atoms with Gasteiger partial charge in [0.05, 0.1) is 31.6 Å². The minimum atomic E-state index is -0.456. The molecule has 1 aliphatic heterocycles. The number of thiocarbonyl (C=S) groups is 1. The summed E-state index contributed by atoms with van der Waals surface area (Å²) < 4.78 is 16.2. The maximum Gasteiger partial charge on any atom is 0.341 e. The van der Waals surface area contributed by atoms with Crippen LogP contribution in [-0.2, 0) is 22.5 Å². The van der Waals surface area contributed by atoms with Gasteiger partial charge in [0.15, 0.2) is 5.11 Å². The van der Waals surface area contributed by atoms with Gasteiger partial charge in [-0.1, -0.05) is 0 Å². The lowest BCUT2D eigenvalue weighted by Crippen LogP contribution is -2.33. The van der Waals surface area contributed by atoms with E-state index in [4.69, 9.17) is 26.4 Å². The Bertz CT molecular complexity index is 913. The molecule has 0 unspecified atom stereocenters. The van der Waals surface area contributed by atoms with Crippen molar-refractivity contribution in [1.29, 1.82) is 0 Å². The van der Waals surface area contributed by atoms with E-state index in [0.717, 1.165) is 22.7 Å². The summed E-state index contributed by atoms with van der Waals surface area (Å²) in [5, 5.41) is 6.44. The van der Waals surface area contributed by atoms with Gasteiger partial charge in [-0.3, -0.25) is 0 Å². The van der Waals surface area contributed by atoms with Crippen LogP contribution in [-0.4, -0.2) is 35.4 Å². The highest BCUT2D eigenvalue weighted by Crippen LogP contribution is 2.30. The van der Waals surface area contributed by atoms with Crippen molar-refractivity contribution in [3.63, 3.8) is 0 Å². The van der Waals surface area contributed by atoms with Crippen LogP contribution in [0.5, 0.6) is 5.75 Å². The second kappa shape index (κ2) is 8.75. The van der Waals surface area contributed by atoms with Gasteiger partial charge >= 0.3 is 5.97 Å². The van der Waals surface area contributed by atoms with Crippen LogP contribution in [0.1, 0.15) is 42.4 Å². The lowest BCUT2D eigenvalue weighted by molar-refractivity contribution is -0.0412. The molecule has 0 aliphatic carbocycles. The van der Waals surface area contributed by atoms with Crippen molar-refractivity contribution < 1.29 is 19.0 Å². The third-order valence-corrected chi connectivity index (χ3v) is 4.68. The second-order valence-corrected chi connectivity index (χ2v) is 7.65. The zero-order valence-electron chi connectivity index (χ0n) is 17.0. The average molecular weight is 416 g/mol. The van der Waals surface area contributed by atoms with E-state index in [1.807, 2.05) is 38.1 Å². The zero-order valence-corrected chi connectivity index (χ0v) is 17.8. The summed E-state index contributed by atoms with van der Waals surface area (Å²) in [5.74, 6) is 0.661. The fourth-order valence-electron chi connectivity index (χ4n) is 3.00. The standard InChI is InChI=1S/C21H25N3O4S/c1-5-27-19(25)16-10-13-12-28-21(2,3)11-17(13)23-18(16)24-20(29)22-14-6-8-15(26-4)9-7-14/h6-10H,5,11-12H2,1-4H3,(H2,22,23,24,29). The van der Waals surface area contributed by atoms with Crippen LogP contribution in [0.15, 0.2) is 30.3 Å². The lowest BCUT2D eigenvalue weighted by atomic mass is 9.95. The molecule has 0 amide bonds. The highest BCUT2D eigenvalue weighted by molar-refractivity contribution is 7.80. The smallest absolute Gasteiger partial charge is 0.341 e. The van der Waals surface area contributed by atoms with E-state index in [1.54, 1.807) is 20.1 Å². The molecule has 3 rings (SSSR count). The molecule has 7 nitrogen and oxygen atoms in total. The zero-order chi connectivity index (χ0) is 21.0. The molecule has 8 heteroatoms. The number of rotatable bonds is 5. The van der Waals surface area contributed by atoms with Crippen molar-refractivity contribution in [3.8, 4) is 5.75 Å². The molecule has 0 spiro atoms. The molecule has 29 heavy (non-hydrogen) atoms. The number of nitrogens with zero attached hydrogens (tertiary/aromatic N) is 1. The topological polar surface area (TPSA) is 81.7 Å². The van der Waals surface area contributed by atoms with Gasteiger partial charge in [0.25, 0.3) is 0 Å². The van der Waals surface area contributed by atoms with Crippen molar-refractivity contribution in [2.45, 2.75) is 39.4 Å². The van der Waals surface area contributed by atoms with E-state index in [-0.39, 0.29) is 12.2 Å².